The molecule has 0 aliphatic carbocycles. The van der Waals surface area contributed by atoms with Crippen molar-refractivity contribution in [2.24, 2.45) is 5.92 Å². The molecular weight excluding hydrogens is 378 g/mol. The number of hydrogen-bond donors (Lipinski definition) is 1. The Kier molecular flexibility index (Phi) is 7.63. The minimum atomic E-state index is -0.108. The van der Waals surface area contributed by atoms with Crippen molar-refractivity contribution in [1.29, 1.82) is 0 Å². The van der Waals surface area contributed by atoms with Gasteiger partial charge >= 0.3 is 0 Å². The van der Waals surface area contributed by atoms with E-state index in [0.29, 0.717) is 12.5 Å². The van der Waals surface area contributed by atoms with Gasteiger partial charge in [0.2, 0.25) is 5.91 Å². The van der Waals surface area contributed by atoms with Crippen LogP contribution in [0.5, 0.6) is 5.75 Å². The zero-order valence-corrected chi connectivity index (χ0v) is 18.3. The number of nitrogens with zero attached hydrogens (tertiary/aromatic N) is 4. The first-order valence-corrected chi connectivity index (χ1v) is 10.7. The average Bonchev–Trinajstić information content (AvgIpc) is 3.00. The average molecular weight is 412 g/mol. The summed E-state index contributed by atoms with van der Waals surface area (Å²) in [6.45, 7) is 13.5. The molecule has 1 N–H and O–H groups in total. The maximum absolute atomic E-state index is 11.7. The molecule has 0 spiro atoms. The number of amides is 1. The zero-order valence-electron chi connectivity index (χ0n) is 18.3. The molecule has 1 aromatic heterocycles. The van der Waals surface area contributed by atoms with Gasteiger partial charge in [0, 0.05) is 45.1 Å². The number of carbonyl (C=O) groups excluding carboxylic acids is 1. The Morgan fingerprint density at radius 1 is 1.27 bits per heavy atom. The van der Waals surface area contributed by atoms with E-state index in [1.165, 1.54) is 5.56 Å². The third kappa shape index (κ3) is 5.69. The second kappa shape index (κ2) is 10.4. The van der Waals surface area contributed by atoms with Crippen LogP contribution in [0.15, 0.2) is 36.9 Å². The number of benzene rings is 1. The zero-order chi connectivity index (χ0) is 21.5. The predicted octanol–water partition coefficient (Wildman–Crippen LogP) is 3.12. The van der Waals surface area contributed by atoms with Crippen LogP contribution in [0.3, 0.4) is 0 Å². The molecule has 0 bridgehead atoms. The largest absolute Gasteiger partial charge is 0.489 e. The molecule has 1 aliphatic rings. The summed E-state index contributed by atoms with van der Waals surface area (Å²) in [4.78, 5) is 14.2. The van der Waals surface area contributed by atoms with Gasteiger partial charge < -0.3 is 14.6 Å². The van der Waals surface area contributed by atoms with Crippen molar-refractivity contribution < 1.29 is 9.53 Å². The Hall–Kier alpha value is -2.67. The van der Waals surface area contributed by atoms with E-state index >= 15 is 0 Å². The number of hydrogen-bond acceptors (Lipinski definition) is 5. The molecule has 2 aromatic rings. The van der Waals surface area contributed by atoms with E-state index in [1.54, 1.807) is 13.0 Å². The summed E-state index contributed by atoms with van der Waals surface area (Å²) >= 11 is 0. The maximum atomic E-state index is 11.7. The molecule has 0 saturated carbocycles. The van der Waals surface area contributed by atoms with Gasteiger partial charge in [0.25, 0.3) is 0 Å². The number of para-hydroxylation sites is 1. The molecule has 0 unspecified atom stereocenters. The summed E-state index contributed by atoms with van der Waals surface area (Å²) in [5.41, 5.74) is 1.17. The van der Waals surface area contributed by atoms with Crippen LogP contribution in [-0.2, 0) is 24.3 Å². The van der Waals surface area contributed by atoms with Crippen molar-refractivity contribution in [3.8, 4) is 5.75 Å². The first-order valence-electron chi connectivity index (χ1n) is 10.7. The third-order valence-corrected chi connectivity index (χ3v) is 5.27. The number of carbonyl (C=O) groups is 1. The maximum Gasteiger partial charge on any atom is 0.217 e. The van der Waals surface area contributed by atoms with Gasteiger partial charge in [-0.2, -0.15) is 0 Å². The molecule has 2 heterocycles. The van der Waals surface area contributed by atoms with E-state index in [2.05, 4.69) is 51.5 Å². The number of rotatable bonds is 9. The Labute approximate surface area is 179 Å². The number of ether oxygens (including phenoxy) is 1. The van der Waals surface area contributed by atoms with E-state index in [4.69, 9.17) is 4.74 Å². The summed E-state index contributed by atoms with van der Waals surface area (Å²) in [5.74, 6) is 3.17. The van der Waals surface area contributed by atoms with Gasteiger partial charge in [0.1, 0.15) is 18.2 Å². The summed E-state index contributed by atoms with van der Waals surface area (Å²) in [5, 5.41) is 12.0. The van der Waals surface area contributed by atoms with Gasteiger partial charge in [-0.1, -0.05) is 44.7 Å². The minimum absolute atomic E-state index is 0.0376. The predicted molar refractivity (Wildman–Crippen MR) is 117 cm³/mol. The second-order valence-corrected chi connectivity index (χ2v) is 8.24. The molecule has 30 heavy (non-hydrogen) atoms. The number of aromatic nitrogens is 3. The first kappa shape index (κ1) is 22.0. The third-order valence-electron chi connectivity index (χ3n) is 5.27. The first-order chi connectivity index (χ1) is 14.5. The summed E-state index contributed by atoms with van der Waals surface area (Å²) in [6, 6.07) is 8.06. The number of fused-ring (bicyclic) bond motifs is 1. The molecule has 1 atom stereocenters. The number of nitrogens with one attached hydrogen (secondary N) is 1. The lowest BCUT2D eigenvalue weighted by molar-refractivity contribution is -0.119. The van der Waals surface area contributed by atoms with Gasteiger partial charge in [-0.05, 0) is 18.4 Å². The highest BCUT2D eigenvalue weighted by Gasteiger charge is 2.25. The molecule has 1 aromatic carbocycles. The van der Waals surface area contributed by atoms with E-state index in [9.17, 15) is 4.79 Å². The van der Waals surface area contributed by atoms with Crippen LogP contribution in [0.1, 0.15) is 50.4 Å². The molecule has 0 radical (unpaired) electrons. The van der Waals surface area contributed by atoms with Crippen LogP contribution in [0.2, 0.25) is 0 Å². The summed E-state index contributed by atoms with van der Waals surface area (Å²) in [6.07, 6.45) is 3.44. The standard InChI is InChI=1S/C23H33N5O2/c1-5-14-30-21-9-7-6-8-19(21)16-27-11-10-22-25-26-23(28(22)13-12-27)20(15-17(2)3)24-18(4)29/h5-9,17,20H,1,10-16H2,2-4H3,(H,24,29)/t20-/m1/s1. The van der Waals surface area contributed by atoms with E-state index < -0.39 is 0 Å². The molecule has 162 valence electrons. The lowest BCUT2D eigenvalue weighted by Gasteiger charge is -2.22. The lowest BCUT2D eigenvalue weighted by atomic mass is 10.0. The molecule has 1 aliphatic heterocycles. The minimum Gasteiger partial charge on any atom is -0.489 e. The quantitative estimate of drug-likeness (QED) is 0.642. The summed E-state index contributed by atoms with van der Waals surface area (Å²) < 4.78 is 8.02. The molecular formula is C23H33N5O2. The fourth-order valence-corrected chi connectivity index (χ4v) is 3.92. The fourth-order valence-electron chi connectivity index (χ4n) is 3.92. The van der Waals surface area contributed by atoms with Crippen LogP contribution in [-0.4, -0.2) is 45.3 Å². The van der Waals surface area contributed by atoms with Gasteiger partial charge in [0.05, 0.1) is 6.04 Å². The monoisotopic (exact) mass is 411 g/mol. The molecule has 1 amide bonds. The normalized spacial score (nSPS) is 15.3. The highest BCUT2D eigenvalue weighted by atomic mass is 16.5. The molecule has 3 rings (SSSR count). The smallest absolute Gasteiger partial charge is 0.217 e. The second-order valence-electron chi connectivity index (χ2n) is 8.24. The Bertz CT molecular complexity index is 861. The SMILES string of the molecule is C=CCOc1ccccc1CN1CCc2nnc([C@@H](CC(C)C)NC(C)=O)n2CC1. The van der Waals surface area contributed by atoms with Gasteiger partial charge in [-0.15, -0.1) is 10.2 Å². The van der Waals surface area contributed by atoms with Crippen molar-refractivity contribution in [1.82, 2.24) is 25.0 Å². The van der Waals surface area contributed by atoms with Crippen LogP contribution in [0.4, 0.5) is 0 Å². The van der Waals surface area contributed by atoms with Crippen molar-refractivity contribution in [2.45, 2.75) is 52.7 Å². The van der Waals surface area contributed by atoms with Gasteiger partial charge in [-0.3, -0.25) is 9.69 Å². The molecule has 7 heteroatoms. The van der Waals surface area contributed by atoms with Crippen LogP contribution in [0, 0.1) is 5.92 Å². The van der Waals surface area contributed by atoms with Gasteiger partial charge in [-0.25, -0.2) is 0 Å². The summed E-state index contributed by atoms with van der Waals surface area (Å²) in [7, 11) is 0. The van der Waals surface area contributed by atoms with Crippen molar-refractivity contribution in [3.05, 3.63) is 54.1 Å². The topological polar surface area (TPSA) is 72.3 Å². The van der Waals surface area contributed by atoms with Crippen molar-refractivity contribution >= 4 is 5.91 Å². The van der Waals surface area contributed by atoms with E-state index in [1.807, 2.05) is 18.2 Å². The van der Waals surface area contributed by atoms with Crippen LogP contribution < -0.4 is 10.1 Å². The van der Waals surface area contributed by atoms with Crippen LogP contribution >= 0.6 is 0 Å². The Morgan fingerprint density at radius 3 is 2.80 bits per heavy atom. The van der Waals surface area contributed by atoms with Crippen LogP contribution in [0.25, 0.3) is 0 Å². The molecule has 0 saturated heterocycles. The highest BCUT2D eigenvalue weighted by Crippen LogP contribution is 2.24. The molecule has 0 fully saturated rings. The van der Waals surface area contributed by atoms with E-state index in [0.717, 1.165) is 56.4 Å². The highest BCUT2D eigenvalue weighted by molar-refractivity contribution is 5.73. The lowest BCUT2D eigenvalue weighted by Crippen LogP contribution is -2.31. The Morgan fingerprint density at radius 2 is 2.07 bits per heavy atom. The van der Waals surface area contributed by atoms with Gasteiger partial charge in [0.15, 0.2) is 5.82 Å². The fraction of sp³-hybridized carbons (Fsp3) is 0.522. The Balaban J connectivity index is 1.72. The van der Waals surface area contributed by atoms with Crippen molar-refractivity contribution in [2.75, 3.05) is 19.7 Å². The van der Waals surface area contributed by atoms with Crippen molar-refractivity contribution in [3.63, 3.8) is 0 Å². The molecule has 7 nitrogen and oxygen atoms in total. The van der Waals surface area contributed by atoms with E-state index in [-0.39, 0.29) is 11.9 Å².